The molecule has 0 bridgehead atoms. The molecule has 0 spiro atoms. The number of H-pyrrole nitrogens is 1. The molecule has 1 aliphatic carbocycles. The lowest BCUT2D eigenvalue weighted by molar-refractivity contribution is 0.408. The average molecular weight is 200 g/mol. The van der Waals surface area contributed by atoms with Gasteiger partial charge >= 0.3 is 0 Å². The smallest absolute Gasteiger partial charge is 0.0458 e. The number of nitrogens with two attached hydrogens (primary N) is 1. The van der Waals surface area contributed by atoms with Gasteiger partial charge in [-0.2, -0.15) is 0 Å². The van der Waals surface area contributed by atoms with Crippen molar-refractivity contribution in [2.75, 3.05) is 0 Å². The van der Waals surface area contributed by atoms with E-state index >= 15 is 0 Å². The van der Waals surface area contributed by atoms with Gasteiger partial charge in [-0.1, -0.05) is 18.2 Å². The molecule has 78 valence electrons. The third kappa shape index (κ3) is 1.37. The summed E-state index contributed by atoms with van der Waals surface area (Å²) >= 11 is 0. The number of hydrogen-bond acceptors (Lipinski definition) is 1. The van der Waals surface area contributed by atoms with Crippen LogP contribution in [-0.4, -0.2) is 10.5 Å². The molecule has 1 aliphatic rings. The molecule has 3 N–H and O–H groups in total. The highest BCUT2D eigenvalue weighted by Crippen LogP contribution is 2.32. The average Bonchev–Trinajstić information content (AvgIpc) is 2.55. The van der Waals surface area contributed by atoms with Gasteiger partial charge in [-0.15, -0.1) is 0 Å². The van der Waals surface area contributed by atoms with E-state index in [-0.39, 0.29) is 5.54 Å². The number of benzene rings is 1. The fraction of sp³-hybridized carbons (Fsp3) is 0.385. The van der Waals surface area contributed by atoms with Crippen LogP contribution >= 0.6 is 0 Å². The third-order valence-electron chi connectivity index (χ3n) is 3.43. The van der Waals surface area contributed by atoms with Crippen molar-refractivity contribution >= 4 is 10.9 Å². The molecule has 0 radical (unpaired) electrons. The second-order valence-electron chi connectivity index (χ2n) is 4.96. The zero-order valence-electron chi connectivity index (χ0n) is 9.01. The molecule has 2 heteroatoms. The molecule has 1 atom stereocenters. The number of fused-ring (bicyclic) bond motifs is 3. The van der Waals surface area contributed by atoms with Crippen LogP contribution in [0.1, 0.15) is 24.6 Å². The molecule has 3 rings (SSSR count). The van der Waals surface area contributed by atoms with E-state index in [1.165, 1.54) is 22.2 Å². The number of aryl methyl sites for hydroxylation is 1. The Bertz CT molecular complexity index is 508. The van der Waals surface area contributed by atoms with E-state index in [4.69, 9.17) is 5.73 Å². The minimum Gasteiger partial charge on any atom is -0.358 e. The Balaban J connectivity index is 2.22. The van der Waals surface area contributed by atoms with Crippen molar-refractivity contribution in [2.45, 2.75) is 31.7 Å². The predicted molar refractivity (Wildman–Crippen MR) is 62.9 cm³/mol. The van der Waals surface area contributed by atoms with Crippen LogP contribution < -0.4 is 5.73 Å². The van der Waals surface area contributed by atoms with Gasteiger partial charge in [0.15, 0.2) is 0 Å². The van der Waals surface area contributed by atoms with Crippen molar-refractivity contribution in [1.29, 1.82) is 0 Å². The van der Waals surface area contributed by atoms with E-state index in [0.717, 1.165) is 19.3 Å². The molecule has 0 saturated carbocycles. The van der Waals surface area contributed by atoms with Crippen LogP contribution in [0.4, 0.5) is 0 Å². The lowest BCUT2D eigenvalue weighted by Crippen LogP contribution is -2.41. The summed E-state index contributed by atoms with van der Waals surface area (Å²) in [6, 6.07) is 8.50. The largest absolute Gasteiger partial charge is 0.358 e. The summed E-state index contributed by atoms with van der Waals surface area (Å²) in [5, 5.41) is 1.35. The molecule has 2 nitrogen and oxygen atoms in total. The maximum Gasteiger partial charge on any atom is 0.0458 e. The minimum absolute atomic E-state index is 0.0298. The summed E-state index contributed by atoms with van der Waals surface area (Å²) in [5.74, 6) is 0. The molecule has 1 unspecified atom stereocenters. The van der Waals surface area contributed by atoms with Crippen molar-refractivity contribution in [2.24, 2.45) is 5.73 Å². The number of hydrogen-bond donors (Lipinski definition) is 2. The van der Waals surface area contributed by atoms with Gasteiger partial charge in [0.2, 0.25) is 0 Å². The lowest BCUT2D eigenvalue weighted by atomic mass is 9.82. The van der Waals surface area contributed by atoms with Crippen LogP contribution in [-0.2, 0) is 12.8 Å². The highest BCUT2D eigenvalue weighted by molar-refractivity contribution is 5.85. The zero-order chi connectivity index (χ0) is 10.5. The van der Waals surface area contributed by atoms with Gasteiger partial charge in [0.1, 0.15) is 0 Å². The summed E-state index contributed by atoms with van der Waals surface area (Å²) < 4.78 is 0. The maximum atomic E-state index is 6.23. The lowest BCUT2D eigenvalue weighted by Gasteiger charge is -2.29. The first-order valence-electron chi connectivity index (χ1n) is 5.53. The van der Waals surface area contributed by atoms with Crippen LogP contribution in [0.5, 0.6) is 0 Å². The summed E-state index contributed by atoms with van der Waals surface area (Å²) in [5.41, 5.74) is 10.3. The van der Waals surface area contributed by atoms with Gasteiger partial charge in [-0.25, -0.2) is 0 Å². The molecule has 0 aliphatic heterocycles. The quantitative estimate of drug-likeness (QED) is 0.673. The van der Waals surface area contributed by atoms with Crippen molar-refractivity contribution in [1.82, 2.24) is 4.98 Å². The van der Waals surface area contributed by atoms with Crippen molar-refractivity contribution in [3.8, 4) is 0 Å². The van der Waals surface area contributed by atoms with Gasteiger partial charge in [0.25, 0.3) is 0 Å². The van der Waals surface area contributed by atoms with Gasteiger partial charge in [0.05, 0.1) is 0 Å². The fourth-order valence-electron chi connectivity index (χ4n) is 2.57. The van der Waals surface area contributed by atoms with Crippen LogP contribution in [0.25, 0.3) is 10.9 Å². The van der Waals surface area contributed by atoms with Crippen LogP contribution in [0.15, 0.2) is 24.3 Å². The van der Waals surface area contributed by atoms with E-state index in [9.17, 15) is 0 Å². The van der Waals surface area contributed by atoms with Gasteiger partial charge in [0, 0.05) is 22.1 Å². The normalized spacial score (nSPS) is 25.5. The van der Waals surface area contributed by atoms with Crippen molar-refractivity contribution in [3.05, 3.63) is 35.5 Å². The Kier molecular flexibility index (Phi) is 1.71. The zero-order valence-corrected chi connectivity index (χ0v) is 9.01. The monoisotopic (exact) mass is 200 g/mol. The molecule has 0 amide bonds. The molecule has 1 aromatic heterocycles. The number of rotatable bonds is 0. The fourth-order valence-corrected chi connectivity index (χ4v) is 2.57. The van der Waals surface area contributed by atoms with Crippen LogP contribution in [0.3, 0.4) is 0 Å². The molecule has 0 fully saturated rings. The molecule has 2 aromatic rings. The molecular weight excluding hydrogens is 184 g/mol. The number of aromatic nitrogens is 1. The summed E-state index contributed by atoms with van der Waals surface area (Å²) in [6.07, 6.45) is 3.15. The van der Waals surface area contributed by atoms with Crippen molar-refractivity contribution in [3.63, 3.8) is 0 Å². The number of aromatic amines is 1. The second kappa shape index (κ2) is 2.86. The first kappa shape index (κ1) is 8.98. The molecule has 1 heterocycles. The Morgan fingerprint density at radius 3 is 3.00 bits per heavy atom. The molecule has 1 aromatic carbocycles. The summed E-state index contributed by atoms with van der Waals surface area (Å²) in [4.78, 5) is 3.50. The van der Waals surface area contributed by atoms with E-state index < -0.39 is 0 Å². The van der Waals surface area contributed by atoms with E-state index in [1.807, 2.05) is 0 Å². The summed E-state index contributed by atoms with van der Waals surface area (Å²) in [6.45, 7) is 2.15. The Morgan fingerprint density at radius 1 is 1.33 bits per heavy atom. The Hall–Kier alpha value is -1.28. The van der Waals surface area contributed by atoms with E-state index in [2.05, 4.69) is 36.2 Å². The number of nitrogens with one attached hydrogen (secondary N) is 1. The van der Waals surface area contributed by atoms with Gasteiger partial charge in [-0.3, -0.25) is 0 Å². The summed E-state index contributed by atoms with van der Waals surface area (Å²) in [7, 11) is 0. The molecule has 15 heavy (non-hydrogen) atoms. The number of para-hydroxylation sites is 1. The van der Waals surface area contributed by atoms with Crippen LogP contribution in [0, 0.1) is 0 Å². The topological polar surface area (TPSA) is 41.8 Å². The first-order valence-corrected chi connectivity index (χ1v) is 5.53. The van der Waals surface area contributed by atoms with Crippen LogP contribution in [0.2, 0.25) is 0 Å². The predicted octanol–water partition coefficient (Wildman–Crippen LogP) is 2.37. The first-order chi connectivity index (χ1) is 7.16. The standard InChI is InChI=1S/C13H16N2/c1-13(14)7-6-12-10(8-13)9-4-2-3-5-11(9)15-12/h2-5,15H,6-8,14H2,1H3. The minimum atomic E-state index is -0.0298. The van der Waals surface area contributed by atoms with Gasteiger partial charge in [-0.05, 0) is 37.8 Å². The van der Waals surface area contributed by atoms with E-state index in [0.29, 0.717) is 0 Å². The highest BCUT2D eigenvalue weighted by atomic mass is 14.8. The maximum absolute atomic E-state index is 6.23. The SMILES string of the molecule is CC1(N)CCc2[nH]c3ccccc3c2C1. The van der Waals surface area contributed by atoms with Gasteiger partial charge < -0.3 is 10.7 Å². The Morgan fingerprint density at radius 2 is 2.13 bits per heavy atom. The molecular formula is C13H16N2. The van der Waals surface area contributed by atoms with Crippen molar-refractivity contribution < 1.29 is 0 Å². The molecule has 0 saturated heterocycles. The second-order valence-corrected chi connectivity index (χ2v) is 4.96. The van der Waals surface area contributed by atoms with E-state index in [1.54, 1.807) is 0 Å². The third-order valence-corrected chi connectivity index (χ3v) is 3.43. The highest BCUT2D eigenvalue weighted by Gasteiger charge is 2.27. The Labute approximate surface area is 89.5 Å².